The molecule has 4 aromatic rings. The van der Waals surface area contributed by atoms with Crippen molar-refractivity contribution in [2.75, 3.05) is 5.32 Å². The Morgan fingerprint density at radius 2 is 2.10 bits per heavy atom. The highest BCUT2D eigenvalue weighted by Gasteiger charge is 2.14. The van der Waals surface area contributed by atoms with E-state index in [2.05, 4.69) is 25.3 Å². The van der Waals surface area contributed by atoms with Gasteiger partial charge in [0.25, 0.3) is 0 Å². The second-order valence-electron chi connectivity index (χ2n) is 6.50. The highest BCUT2D eigenvalue weighted by molar-refractivity contribution is 5.88. The van der Waals surface area contributed by atoms with Gasteiger partial charge in [-0.05, 0) is 30.2 Å². The molecule has 30 heavy (non-hydrogen) atoms. The number of hydrogen-bond donors (Lipinski definition) is 1. The number of aromatic nitrogens is 5. The highest BCUT2D eigenvalue weighted by Crippen LogP contribution is 2.31. The monoisotopic (exact) mass is 399 g/mol. The molecule has 4 heterocycles. The van der Waals surface area contributed by atoms with E-state index in [1.54, 1.807) is 35.2 Å². The summed E-state index contributed by atoms with van der Waals surface area (Å²) in [6.07, 6.45) is 6.09. The number of carbonyl (C=O) groups is 1. The number of nitrogens with zero attached hydrogens (tertiary/aromatic N) is 6. The third-order valence-electron chi connectivity index (χ3n) is 4.49. The van der Waals surface area contributed by atoms with Gasteiger partial charge in [0.15, 0.2) is 17.7 Å². The minimum atomic E-state index is 0.335. The summed E-state index contributed by atoms with van der Waals surface area (Å²) >= 11 is 0. The summed E-state index contributed by atoms with van der Waals surface area (Å²) in [5.41, 5.74) is 3.61. The lowest BCUT2D eigenvalue weighted by atomic mass is 10.1. The van der Waals surface area contributed by atoms with E-state index in [4.69, 9.17) is 10.00 Å². The van der Waals surface area contributed by atoms with E-state index in [-0.39, 0.29) is 0 Å². The fraction of sp³-hybridized carbons (Fsp3) is 0.143. The van der Waals surface area contributed by atoms with Crippen molar-refractivity contribution >= 4 is 29.0 Å². The molecule has 0 fully saturated rings. The summed E-state index contributed by atoms with van der Waals surface area (Å²) in [5.74, 6) is 1.43. The quantitative estimate of drug-likeness (QED) is 0.489. The van der Waals surface area contributed by atoms with Crippen LogP contribution in [-0.2, 0) is 13.5 Å². The molecule has 1 N–H and O–H groups in total. The van der Waals surface area contributed by atoms with Gasteiger partial charge in [0.2, 0.25) is 5.88 Å². The van der Waals surface area contributed by atoms with Crippen LogP contribution in [0, 0.1) is 11.3 Å². The molecule has 0 aromatic carbocycles. The molecule has 9 nitrogen and oxygen atoms in total. The van der Waals surface area contributed by atoms with Crippen molar-refractivity contribution < 1.29 is 9.53 Å². The molecule has 0 radical (unpaired) electrons. The Labute approximate surface area is 172 Å². The summed E-state index contributed by atoms with van der Waals surface area (Å²) in [6.45, 7) is 1.97. The smallest absolute Gasteiger partial charge is 0.223 e. The number of rotatable bonds is 6. The van der Waals surface area contributed by atoms with Gasteiger partial charge in [-0.15, -0.1) is 0 Å². The van der Waals surface area contributed by atoms with Crippen molar-refractivity contribution in [1.29, 1.82) is 5.26 Å². The van der Waals surface area contributed by atoms with Crippen molar-refractivity contribution in [2.24, 2.45) is 7.05 Å². The Hall–Kier alpha value is -4.32. The molecule has 0 atom stereocenters. The number of nitriles is 1. The van der Waals surface area contributed by atoms with Gasteiger partial charge in [-0.1, -0.05) is 6.92 Å². The molecule has 0 unspecified atom stereocenters. The van der Waals surface area contributed by atoms with E-state index < -0.39 is 0 Å². The minimum absolute atomic E-state index is 0.335. The van der Waals surface area contributed by atoms with Crippen LogP contribution in [0.3, 0.4) is 0 Å². The normalized spacial score (nSPS) is 10.6. The van der Waals surface area contributed by atoms with Crippen molar-refractivity contribution in [1.82, 2.24) is 24.5 Å². The molecular formula is C21H17N7O2. The zero-order valence-corrected chi connectivity index (χ0v) is 16.3. The predicted molar refractivity (Wildman–Crippen MR) is 110 cm³/mol. The maximum Gasteiger partial charge on any atom is 0.223 e. The fourth-order valence-corrected chi connectivity index (χ4v) is 2.94. The van der Waals surface area contributed by atoms with Crippen molar-refractivity contribution in [3.8, 4) is 17.7 Å². The van der Waals surface area contributed by atoms with Crippen molar-refractivity contribution in [3.63, 3.8) is 0 Å². The molecule has 0 aliphatic rings. The third-order valence-corrected chi connectivity index (χ3v) is 4.49. The number of nitrogens with one attached hydrogen (secondary N) is 1. The Kier molecular flexibility index (Phi) is 5.05. The Bertz CT molecular complexity index is 1270. The van der Waals surface area contributed by atoms with Gasteiger partial charge in [0, 0.05) is 24.9 Å². The van der Waals surface area contributed by atoms with Crippen LogP contribution in [-0.4, -0.2) is 30.8 Å². The number of aryl methyl sites for hydroxylation is 2. The number of hydrogen-bond acceptors (Lipinski definition) is 8. The molecule has 0 aliphatic carbocycles. The average Bonchev–Trinajstić information content (AvgIpc) is 3.15. The lowest BCUT2D eigenvalue weighted by Gasteiger charge is -2.12. The molecule has 148 valence electrons. The molecule has 4 aromatic heterocycles. The summed E-state index contributed by atoms with van der Waals surface area (Å²) in [7, 11) is 1.84. The number of carbonyl (C=O) groups excluding carboxylic acids is 1. The minimum Gasteiger partial charge on any atom is -0.437 e. The second-order valence-corrected chi connectivity index (χ2v) is 6.50. The van der Waals surface area contributed by atoms with E-state index >= 15 is 0 Å². The summed E-state index contributed by atoms with van der Waals surface area (Å²) in [6, 6.07) is 8.84. The fourth-order valence-electron chi connectivity index (χ4n) is 2.94. The van der Waals surface area contributed by atoms with Gasteiger partial charge >= 0.3 is 0 Å². The molecular weight excluding hydrogens is 382 g/mol. The van der Waals surface area contributed by atoms with E-state index in [9.17, 15) is 4.79 Å². The highest BCUT2D eigenvalue weighted by atomic mass is 16.5. The SMILES string of the molecule is CCc1cc(C#N)ncc1Oc1cc(Nc2ccc(C=O)cn2)c2ncn(C)c2n1. The summed E-state index contributed by atoms with van der Waals surface area (Å²) < 4.78 is 7.80. The number of fused-ring (bicyclic) bond motifs is 1. The molecule has 0 saturated heterocycles. The summed E-state index contributed by atoms with van der Waals surface area (Å²) in [5, 5.41) is 12.3. The summed E-state index contributed by atoms with van der Waals surface area (Å²) in [4.78, 5) is 28.1. The van der Waals surface area contributed by atoms with E-state index in [1.165, 1.54) is 12.4 Å². The zero-order valence-electron chi connectivity index (χ0n) is 16.3. The third kappa shape index (κ3) is 3.66. The molecule has 9 heteroatoms. The zero-order chi connectivity index (χ0) is 21.1. The molecule has 0 aliphatic heterocycles. The molecule has 0 bridgehead atoms. The lowest BCUT2D eigenvalue weighted by molar-refractivity contribution is 0.112. The molecule has 0 spiro atoms. The maximum absolute atomic E-state index is 10.8. The number of pyridine rings is 3. The Balaban J connectivity index is 1.73. The van der Waals surface area contributed by atoms with E-state index in [0.717, 1.165) is 11.8 Å². The first-order valence-corrected chi connectivity index (χ1v) is 9.18. The van der Waals surface area contributed by atoms with Gasteiger partial charge in [-0.2, -0.15) is 10.2 Å². The van der Waals surface area contributed by atoms with Crippen LogP contribution in [0.15, 0.2) is 43.0 Å². The van der Waals surface area contributed by atoms with Crippen LogP contribution in [0.1, 0.15) is 28.5 Å². The topological polar surface area (TPSA) is 119 Å². The first-order valence-electron chi connectivity index (χ1n) is 9.18. The second kappa shape index (κ2) is 7.97. The standard InChI is InChI=1S/C21H17N7O2/c1-3-14-6-15(8-22)23-10-17(14)30-19-7-16(20-21(27-19)28(2)12-25-20)26-18-5-4-13(11-29)9-24-18/h4-7,9-12H,3H2,1-2H3,(H,24,26,27). The lowest BCUT2D eigenvalue weighted by Crippen LogP contribution is -2.00. The van der Waals surface area contributed by atoms with E-state index in [0.29, 0.717) is 52.0 Å². The van der Waals surface area contributed by atoms with Gasteiger partial charge < -0.3 is 14.6 Å². The van der Waals surface area contributed by atoms with Gasteiger partial charge in [0.1, 0.15) is 23.1 Å². The van der Waals surface area contributed by atoms with Crippen molar-refractivity contribution in [3.05, 3.63) is 59.8 Å². The number of anilines is 2. The van der Waals surface area contributed by atoms with Gasteiger partial charge in [-0.25, -0.2) is 15.0 Å². The van der Waals surface area contributed by atoms with Crippen LogP contribution < -0.4 is 10.1 Å². The van der Waals surface area contributed by atoms with Crippen LogP contribution in [0.5, 0.6) is 11.6 Å². The van der Waals surface area contributed by atoms with Gasteiger partial charge in [-0.3, -0.25) is 4.79 Å². The average molecular weight is 399 g/mol. The van der Waals surface area contributed by atoms with Crippen LogP contribution in [0.2, 0.25) is 0 Å². The first-order chi connectivity index (χ1) is 14.6. The molecule has 0 saturated carbocycles. The molecule has 0 amide bonds. The largest absolute Gasteiger partial charge is 0.437 e. The van der Waals surface area contributed by atoms with E-state index in [1.807, 2.05) is 20.0 Å². The van der Waals surface area contributed by atoms with Gasteiger partial charge in [0.05, 0.1) is 18.2 Å². The number of ether oxygens (including phenoxy) is 1. The maximum atomic E-state index is 10.8. The Morgan fingerprint density at radius 1 is 1.23 bits per heavy atom. The van der Waals surface area contributed by atoms with Crippen LogP contribution >= 0.6 is 0 Å². The Morgan fingerprint density at radius 3 is 2.80 bits per heavy atom. The van der Waals surface area contributed by atoms with Crippen LogP contribution in [0.25, 0.3) is 11.2 Å². The predicted octanol–water partition coefficient (Wildman–Crippen LogP) is 3.54. The number of aldehydes is 1. The van der Waals surface area contributed by atoms with Crippen molar-refractivity contribution in [2.45, 2.75) is 13.3 Å². The molecule has 4 rings (SSSR count). The number of imidazole rings is 1. The first kappa shape index (κ1) is 19.0. The van der Waals surface area contributed by atoms with Crippen LogP contribution in [0.4, 0.5) is 11.5 Å².